The van der Waals surface area contributed by atoms with Crippen molar-refractivity contribution in [2.24, 2.45) is 7.05 Å². The molecule has 5 rings (SSSR count). The summed E-state index contributed by atoms with van der Waals surface area (Å²) in [6.07, 6.45) is 7.11. The average molecular weight is 409 g/mol. The number of aryl methyl sites for hydroxylation is 2. The summed E-state index contributed by atoms with van der Waals surface area (Å²) in [6.45, 7) is 3.60. The van der Waals surface area contributed by atoms with Gasteiger partial charge in [0.2, 0.25) is 0 Å². The summed E-state index contributed by atoms with van der Waals surface area (Å²) < 4.78 is 1.48. The summed E-state index contributed by atoms with van der Waals surface area (Å²) in [5.41, 5.74) is 4.37. The van der Waals surface area contributed by atoms with E-state index in [-0.39, 0.29) is 29.0 Å². The number of carbonyl (C=O) groups is 2. The molecule has 0 aromatic carbocycles. The van der Waals surface area contributed by atoms with Crippen molar-refractivity contribution in [2.75, 3.05) is 13.1 Å². The van der Waals surface area contributed by atoms with Gasteiger partial charge in [0.1, 0.15) is 5.56 Å². The van der Waals surface area contributed by atoms with Gasteiger partial charge in [0, 0.05) is 50.2 Å². The molecule has 2 aromatic heterocycles. The molecule has 4 heterocycles. The Labute approximate surface area is 174 Å². The maximum absolute atomic E-state index is 13.3. The van der Waals surface area contributed by atoms with Gasteiger partial charge < -0.3 is 14.4 Å². The molecule has 1 aliphatic carbocycles. The van der Waals surface area contributed by atoms with Crippen LogP contribution in [0.1, 0.15) is 69.4 Å². The first-order chi connectivity index (χ1) is 14.5. The van der Waals surface area contributed by atoms with E-state index in [1.54, 1.807) is 18.1 Å². The molecule has 158 valence electrons. The van der Waals surface area contributed by atoms with Gasteiger partial charge in [0.25, 0.3) is 17.4 Å². The van der Waals surface area contributed by atoms with Crippen LogP contribution in [0, 0.1) is 0 Å². The molecule has 1 unspecified atom stereocenters. The van der Waals surface area contributed by atoms with Crippen LogP contribution in [0.25, 0.3) is 0 Å². The molecule has 1 fully saturated rings. The average Bonchev–Trinajstić information content (AvgIpc) is 3.44. The highest BCUT2D eigenvalue weighted by Gasteiger charge is 2.34. The van der Waals surface area contributed by atoms with Crippen molar-refractivity contribution in [3.05, 3.63) is 50.2 Å². The summed E-state index contributed by atoms with van der Waals surface area (Å²) in [5, 5.41) is 7.28. The fraction of sp³-hybridized carbons (Fsp3) is 0.545. The number of fused-ring (bicyclic) bond motifs is 2. The van der Waals surface area contributed by atoms with Crippen LogP contribution in [-0.4, -0.2) is 55.5 Å². The number of aromatic amines is 1. The van der Waals surface area contributed by atoms with Crippen LogP contribution in [0.2, 0.25) is 0 Å². The van der Waals surface area contributed by atoms with Gasteiger partial charge in [-0.3, -0.25) is 19.5 Å². The molecular formula is C22H27N5O3. The molecule has 30 heavy (non-hydrogen) atoms. The molecule has 8 nitrogen and oxygen atoms in total. The minimum Gasteiger partial charge on any atom is -0.336 e. The van der Waals surface area contributed by atoms with Gasteiger partial charge in [-0.2, -0.15) is 5.10 Å². The van der Waals surface area contributed by atoms with E-state index in [1.807, 2.05) is 11.8 Å². The van der Waals surface area contributed by atoms with Crippen LogP contribution < -0.4 is 5.56 Å². The molecule has 3 aliphatic rings. The normalized spacial score (nSPS) is 20.4. The second-order valence-corrected chi connectivity index (χ2v) is 8.77. The Morgan fingerprint density at radius 3 is 2.70 bits per heavy atom. The topological polar surface area (TPSA) is 91.3 Å². The van der Waals surface area contributed by atoms with E-state index in [4.69, 9.17) is 0 Å². The number of amides is 2. The van der Waals surface area contributed by atoms with Gasteiger partial charge in [0.15, 0.2) is 5.69 Å². The maximum Gasteiger partial charge on any atom is 0.274 e. The molecule has 2 amide bonds. The van der Waals surface area contributed by atoms with Crippen LogP contribution in [0.5, 0.6) is 0 Å². The Balaban J connectivity index is 1.47. The van der Waals surface area contributed by atoms with E-state index in [2.05, 4.69) is 10.2 Å². The van der Waals surface area contributed by atoms with Crippen LogP contribution >= 0.6 is 0 Å². The lowest BCUT2D eigenvalue weighted by atomic mass is 9.95. The van der Waals surface area contributed by atoms with Crippen LogP contribution in [-0.2, 0) is 32.9 Å². The zero-order valence-corrected chi connectivity index (χ0v) is 17.5. The largest absolute Gasteiger partial charge is 0.336 e. The Hall–Kier alpha value is -2.90. The summed E-state index contributed by atoms with van der Waals surface area (Å²) in [4.78, 5) is 42.9. The van der Waals surface area contributed by atoms with Crippen molar-refractivity contribution < 1.29 is 9.59 Å². The molecular weight excluding hydrogens is 382 g/mol. The van der Waals surface area contributed by atoms with Crippen molar-refractivity contribution in [3.63, 3.8) is 0 Å². The van der Waals surface area contributed by atoms with Crippen LogP contribution in [0.15, 0.2) is 11.0 Å². The predicted octanol–water partition coefficient (Wildman–Crippen LogP) is 1.42. The van der Waals surface area contributed by atoms with Crippen molar-refractivity contribution >= 4 is 11.8 Å². The zero-order valence-electron chi connectivity index (χ0n) is 17.5. The van der Waals surface area contributed by atoms with Gasteiger partial charge >= 0.3 is 0 Å². The lowest BCUT2D eigenvalue weighted by Crippen LogP contribution is -2.43. The fourth-order valence-corrected chi connectivity index (χ4v) is 5.21. The minimum atomic E-state index is -0.247. The third-order valence-corrected chi connectivity index (χ3v) is 6.89. The quantitative estimate of drug-likeness (QED) is 0.812. The molecule has 1 saturated heterocycles. The molecule has 0 radical (unpaired) electrons. The molecule has 2 aliphatic heterocycles. The summed E-state index contributed by atoms with van der Waals surface area (Å²) in [5.74, 6) is -0.239. The summed E-state index contributed by atoms with van der Waals surface area (Å²) in [6, 6.07) is 0.154. The van der Waals surface area contributed by atoms with Crippen molar-refractivity contribution in [3.8, 4) is 0 Å². The Kier molecular flexibility index (Phi) is 4.52. The zero-order chi connectivity index (χ0) is 21.0. The van der Waals surface area contributed by atoms with Crippen molar-refractivity contribution in [1.82, 2.24) is 24.6 Å². The van der Waals surface area contributed by atoms with Gasteiger partial charge in [-0.25, -0.2) is 0 Å². The molecule has 1 N–H and O–H groups in total. The lowest BCUT2D eigenvalue weighted by Gasteiger charge is -2.31. The Morgan fingerprint density at radius 1 is 1.10 bits per heavy atom. The smallest absolute Gasteiger partial charge is 0.274 e. The number of H-pyrrole nitrogens is 1. The van der Waals surface area contributed by atoms with Crippen LogP contribution in [0.4, 0.5) is 0 Å². The van der Waals surface area contributed by atoms with Gasteiger partial charge in [-0.05, 0) is 56.6 Å². The third-order valence-electron chi connectivity index (χ3n) is 6.89. The Morgan fingerprint density at radius 2 is 1.93 bits per heavy atom. The molecule has 8 heteroatoms. The van der Waals surface area contributed by atoms with Crippen molar-refractivity contribution in [1.29, 1.82) is 0 Å². The number of nitrogens with one attached hydrogen (secondary N) is 1. The second-order valence-electron chi connectivity index (χ2n) is 8.77. The molecule has 0 saturated carbocycles. The number of carbonyl (C=O) groups excluding carboxylic acids is 2. The van der Waals surface area contributed by atoms with E-state index in [9.17, 15) is 14.4 Å². The molecule has 0 spiro atoms. The van der Waals surface area contributed by atoms with E-state index in [0.29, 0.717) is 31.7 Å². The second kappa shape index (κ2) is 7.11. The summed E-state index contributed by atoms with van der Waals surface area (Å²) >= 11 is 0. The highest BCUT2D eigenvalue weighted by molar-refractivity contribution is 5.97. The summed E-state index contributed by atoms with van der Waals surface area (Å²) in [7, 11) is 1.67. The molecule has 1 atom stereocenters. The number of nitrogens with zero attached hydrogens (tertiary/aromatic N) is 4. The number of likely N-dealkylation sites (tertiary alicyclic amines) is 1. The van der Waals surface area contributed by atoms with E-state index in [1.165, 1.54) is 4.57 Å². The third kappa shape index (κ3) is 2.88. The first-order valence-electron chi connectivity index (χ1n) is 10.8. The first kappa shape index (κ1) is 19.1. The number of pyridine rings is 1. The number of hydrogen-bond donors (Lipinski definition) is 1. The number of hydrogen-bond acceptors (Lipinski definition) is 4. The number of aromatic nitrogens is 3. The first-order valence-corrected chi connectivity index (χ1v) is 10.8. The van der Waals surface area contributed by atoms with Crippen LogP contribution in [0.3, 0.4) is 0 Å². The Bertz CT molecular complexity index is 1100. The van der Waals surface area contributed by atoms with Gasteiger partial charge in [0.05, 0.1) is 0 Å². The van der Waals surface area contributed by atoms with E-state index >= 15 is 0 Å². The van der Waals surface area contributed by atoms with Gasteiger partial charge in [-0.1, -0.05) is 0 Å². The predicted molar refractivity (Wildman–Crippen MR) is 110 cm³/mol. The molecule has 0 bridgehead atoms. The fourth-order valence-electron chi connectivity index (χ4n) is 5.21. The highest BCUT2D eigenvalue weighted by atomic mass is 16.2. The van der Waals surface area contributed by atoms with E-state index < -0.39 is 0 Å². The maximum atomic E-state index is 13.3. The van der Waals surface area contributed by atoms with Gasteiger partial charge in [-0.15, -0.1) is 0 Å². The highest BCUT2D eigenvalue weighted by Crippen LogP contribution is 2.28. The van der Waals surface area contributed by atoms with Crippen molar-refractivity contribution in [2.45, 2.75) is 58.0 Å². The standard InChI is InChI=1S/C22H27N5O3/c1-13-5-4-9-27(13)21(29)18-15-8-10-26(12-14(15)11-25(2)20(18)28)22(30)19-16-6-3-7-17(16)23-24-19/h11,13H,3-10,12H2,1-2H3,(H,23,24). The number of rotatable bonds is 2. The molecule has 2 aromatic rings. The minimum absolute atomic E-state index is 0.0741. The van der Waals surface area contributed by atoms with E-state index in [0.717, 1.165) is 54.5 Å². The SMILES string of the molecule is CC1CCCN1C(=O)c1c2c(cn(C)c1=O)CN(C(=O)c1n[nH]c3c1CCC3)CC2. The monoisotopic (exact) mass is 409 g/mol. The lowest BCUT2D eigenvalue weighted by molar-refractivity contribution is 0.0723.